The van der Waals surface area contributed by atoms with Gasteiger partial charge in [-0.3, -0.25) is 15.0 Å². The van der Waals surface area contributed by atoms with E-state index in [1.165, 1.54) is 12.1 Å². The number of aliphatic imine (C=N–C) groups is 1. The van der Waals surface area contributed by atoms with E-state index in [0.29, 0.717) is 23.6 Å². The molecule has 1 N–H and O–H groups in total. The molecule has 0 bridgehead atoms. The topological polar surface area (TPSA) is 81.5 Å². The lowest BCUT2D eigenvalue weighted by Gasteiger charge is -2.42. The molecule has 0 aromatic heterocycles. The molecule has 11 heteroatoms. The molecule has 42 heavy (non-hydrogen) atoms. The summed E-state index contributed by atoms with van der Waals surface area (Å²) < 4.78 is 13.8. The van der Waals surface area contributed by atoms with Crippen LogP contribution in [0, 0.1) is 17.1 Å². The van der Waals surface area contributed by atoms with E-state index in [1.54, 1.807) is 17.8 Å². The Morgan fingerprint density at radius 2 is 2.05 bits per heavy atom. The maximum Gasteiger partial charge on any atom is 0.236 e. The van der Waals surface area contributed by atoms with Gasteiger partial charge in [0.2, 0.25) is 5.91 Å². The van der Waals surface area contributed by atoms with E-state index in [1.807, 2.05) is 24.4 Å². The van der Waals surface area contributed by atoms with Crippen LogP contribution in [0.5, 0.6) is 0 Å². The van der Waals surface area contributed by atoms with Gasteiger partial charge in [-0.1, -0.05) is 6.92 Å². The highest BCUT2D eigenvalue weighted by molar-refractivity contribution is 8.03. The van der Waals surface area contributed by atoms with Crippen LogP contribution in [-0.2, 0) is 4.79 Å². The molecular weight excluding hydrogens is 551 g/mol. The second kappa shape index (κ2) is 13.6. The van der Waals surface area contributed by atoms with Gasteiger partial charge in [-0.2, -0.15) is 5.26 Å². The van der Waals surface area contributed by atoms with Gasteiger partial charge in [-0.05, 0) is 61.7 Å². The Balaban J connectivity index is 1.33. The zero-order chi connectivity index (χ0) is 29.6. The molecule has 1 aromatic carbocycles. The first kappa shape index (κ1) is 29.9. The van der Waals surface area contributed by atoms with Crippen LogP contribution in [0.3, 0.4) is 0 Å². The van der Waals surface area contributed by atoms with Crippen molar-refractivity contribution in [2.24, 2.45) is 4.99 Å². The largest absolute Gasteiger partial charge is 0.368 e. The van der Waals surface area contributed by atoms with E-state index in [-0.39, 0.29) is 17.6 Å². The molecule has 1 atom stereocenters. The third-order valence-corrected chi connectivity index (χ3v) is 8.85. The summed E-state index contributed by atoms with van der Waals surface area (Å²) in [6.45, 7) is 7.86. The maximum absolute atomic E-state index is 13.8. The van der Waals surface area contributed by atoms with E-state index in [2.05, 4.69) is 62.3 Å². The number of likely N-dealkylation sites (tertiary alicyclic amines) is 1. The highest BCUT2D eigenvalue weighted by Crippen LogP contribution is 2.30. The Kier molecular flexibility index (Phi) is 9.67. The van der Waals surface area contributed by atoms with Gasteiger partial charge in [0.05, 0.1) is 35.3 Å². The number of hydrogen-bond acceptors (Lipinski definition) is 9. The van der Waals surface area contributed by atoms with Crippen LogP contribution >= 0.6 is 11.8 Å². The molecule has 2 fully saturated rings. The van der Waals surface area contributed by atoms with Crippen molar-refractivity contribution >= 4 is 29.2 Å². The first-order chi connectivity index (χ1) is 20.4. The number of likely N-dealkylation sites (N-methyl/N-ethyl adjacent to an activating group) is 1. The number of hydrogen-bond donors (Lipinski definition) is 1. The van der Waals surface area contributed by atoms with Gasteiger partial charge >= 0.3 is 0 Å². The van der Waals surface area contributed by atoms with Crippen LogP contribution in [0.1, 0.15) is 30.9 Å². The standard InChI is InChI=1S/C31H39FN8OS/c1-4-6-30(36(3)29-22-42-21-27(35-29)26-9-7-24(32)17-23(26)18-33)40-19-25(8-10-28(40)34-2)38-15-13-37(14-16-38)20-31(41)39-11-5-12-39/h6-10,17,19,21,28,34H,4-5,11-16,20,22H2,1-3H3/b30-6+. The fraction of sp³-hybridized carbons (Fsp3) is 0.452. The van der Waals surface area contributed by atoms with Crippen molar-refractivity contribution in [1.82, 2.24) is 29.8 Å². The molecule has 4 aliphatic rings. The monoisotopic (exact) mass is 590 g/mol. The number of benzene rings is 1. The number of carbonyl (C=O) groups is 1. The summed E-state index contributed by atoms with van der Waals surface area (Å²) in [6, 6.07) is 6.35. The smallest absolute Gasteiger partial charge is 0.236 e. The molecule has 4 heterocycles. The van der Waals surface area contributed by atoms with Crippen LogP contribution < -0.4 is 5.32 Å². The number of nitriles is 1. The highest BCUT2D eigenvalue weighted by Gasteiger charge is 2.29. The number of nitrogens with one attached hydrogen (secondary N) is 1. The number of allylic oxidation sites excluding steroid dienone is 2. The van der Waals surface area contributed by atoms with Crippen molar-refractivity contribution < 1.29 is 9.18 Å². The van der Waals surface area contributed by atoms with Crippen LogP contribution in [0.2, 0.25) is 0 Å². The number of amidine groups is 1. The van der Waals surface area contributed by atoms with Gasteiger partial charge in [0, 0.05) is 58.1 Å². The number of nitrogens with zero attached hydrogens (tertiary/aromatic N) is 7. The summed E-state index contributed by atoms with van der Waals surface area (Å²) in [4.78, 5) is 28.3. The third-order valence-electron chi connectivity index (χ3n) is 8.04. The highest BCUT2D eigenvalue weighted by atomic mass is 32.2. The molecule has 9 nitrogen and oxygen atoms in total. The molecule has 2 saturated heterocycles. The lowest BCUT2D eigenvalue weighted by molar-refractivity contribution is -0.136. The van der Waals surface area contributed by atoms with Crippen molar-refractivity contribution in [1.29, 1.82) is 5.26 Å². The van der Waals surface area contributed by atoms with Crippen molar-refractivity contribution in [2.75, 3.05) is 65.7 Å². The lowest BCUT2D eigenvalue weighted by Crippen LogP contribution is -2.52. The Labute approximate surface area is 252 Å². The molecule has 0 spiro atoms. The molecule has 5 rings (SSSR count). The Morgan fingerprint density at radius 3 is 2.71 bits per heavy atom. The number of rotatable bonds is 8. The molecule has 0 saturated carbocycles. The van der Waals surface area contributed by atoms with E-state index < -0.39 is 5.82 Å². The minimum Gasteiger partial charge on any atom is -0.368 e. The molecule has 1 unspecified atom stereocenters. The van der Waals surface area contributed by atoms with Crippen molar-refractivity contribution in [2.45, 2.75) is 25.9 Å². The lowest BCUT2D eigenvalue weighted by atomic mass is 10.1. The van der Waals surface area contributed by atoms with Crippen molar-refractivity contribution in [3.05, 3.63) is 76.5 Å². The fourth-order valence-corrected chi connectivity index (χ4v) is 6.28. The van der Waals surface area contributed by atoms with Crippen molar-refractivity contribution in [3.63, 3.8) is 0 Å². The van der Waals surface area contributed by atoms with Crippen LogP contribution in [0.4, 0.5) is 4.39 Å². The van der Waals surface area contributed by atoms with Crippen molar-refractivity contribution in [3.8, 4) is 6.07 Å². The van der Waals surface area contributed by atoms with E-state index >= 15 is 0 Å². The molecule has 1 aromatic rings. The quantitative estimate of drug-likeness (QED) is 0.494. The minimum absolute atomic E-state index is 0.0430. The van der Waals surface area contributed by atoms with Gasteiger partial charge in [0.25, 0.3) is 0 Å². The average molecular weight is 591 g/mol. The van der Waals surface area contributed by atoms with Gasteiger partial charge in [-0.15, -0.1) is 11.8 Å². The van der Waals surface area contributed by atoms with Crippen LogP contribution in [0.25, 0.3) is 5.70 Å². The van der Waals surface area contributed by atoms with Crippen LogP contribution in [-0.4, -0.2) is 108 Å². The zero-order valence-electron chi connectivity index (χ0n) is 24.6. The fourth-order valence-electron chi connectivity index (χ4n) is 5.45. The van der Waals surface area contributed by atoms with Gasteiger partial charge < -0.3 is 19.6 Å². The predicted octanol–water partition coefficient (Wildman–Crippen LogP) is 3.43. The number of amides is 1. The Morgan fingerprint density at radius 1 is 1.26 bits per heavy atom. The summed E-state index contributed by atoms with van der Waals surface area (Å²) in [5.41, 5.74) is 2.69. The number of halogens is 1. The minimum atomic E-state index is -0.436. The predicted molar refractivity (Wildman–Crippen MR) is 166 cm³/mol. The summed E-state index contributed by atoms with van der Waals surface area (Å²) >= 11 is 1.61. The van der Waals surface area contributed by atoms with Gasteiger partial charge in [-0.25, -0.2) is 9.38 Å². The van der Waals surface area contributed by atoms with E-state index in [0.717, 1.165) is 69.5 Å². The normalized spacial score (nSPS) is 21.3. The van der Waals surface area contributed by atoms with Crippen LogP contribution in [0.15, 0.2) is 64.5 Å². The second-order valence-corrected chi connectivity index (χ2v) is 11.6. The Bertz CT molecular complexity index is 1370. The summed E-state index contributed by atoms with van der Waals surface area (Å²) in [6.07, 6.45) is 10.7. The average Bonchev–Trinajstić information content (AvgIpc) is 2.98. The molecule has 1 amide bonds. The summed E-state index contributed by atoms with van der Waals surface area (Å²) in [5, 5.41) is 14.9. The first-order valence-corrected chi connectivity index (χ1v) is 15.6. The van der Waals surface area contributed by atoms with Gasteiger partial charge in [0.15, 0.2) is 0 Å². The first-order valence-electron chi connectivity index (χ1n) is 14.6. The third kappa shape index (κ3) is 6.56. The summed E-state index contributed by atoms with van der Waals surface area (Å²) in [5.74, 6) is 2.33. The molecule has 4 aliphatic heterocycles. The summed E-state index contributed by atoms with van der Waals surface area (Å²) in [7, 11) is 3.97. The number of piperazine rings is 1. The molecule has 222 valence electrons. The molecule has 0 radical (unpaired) electrons. The second-order valence-electron chi connectivity index (χ2n) is 10.7. The Hall–Kier alpha value is -3.59. The zero-order valence-corrected chi connectivity index (χ0v) is 25.4. The van der Waals surface area contributed by atoms with Gasteiger partial charge in [0.1, 0.15) is 23.6 Å². The molecule has 0 aliphatic carbocycles. The van der Waals surface area contributed by atoms with E-state index in [4.69, 9.17) is 4.99 Å². The maximum atomic E-state index is 13.8. The molecular formula is C31H39FN8OS. The number of thioether (sulfide) groups is 1. The van der Waals surface area contributed by atoms with E-state index in [9.17, 15) is 14.4 Å². The number of carbonyl (C=O) groups excluding carboxylic acids is 1. The SMILES string of the molecule is CC/C=C(\N(C)C1=NC(c2ccc(F)cc2C#N)=CSC1)N1C=C(N2CCN(CC(=O)N3CCC3)CC2)C=CC1NC.